The van der Waals surface area contributed by atoms with E-state index < -0.39 is 0 Å². The Hall–Kier alpha value is -2.32. The minimum Gasteiger partial charge on any atom is -0.373 e. The summed E-state index contributed by atoms with van der Waals surface area (Å²) in [5.41, 5.74) is 7.02. The molecule has 2 rings (SSSR count). The fourth-order valence-electron chi connectivity index (χ4n) is 2.13. The Morgan fingerprint density at radius 3 is 1.86 bits per heavy atom. The van der Waals surface area contributed by atoms with Gasteiger partial charge in [-0.1, -0.05) is 32.8 Å². The Bertz CT molecular complexity index is 490. The molecule has 1 fully saturated rings. The number of nitrogens with one attached hydrogen (secondary N) is 2. The van der Waals surface area contributed by atoms with Crippen LogP contribution in [0.1, 0.15) is 45.1 Å². The lowest BCUT2D eigenvalue weighted by molar-refractivity contribution is -0.122. The Balaban J connectivity index is -0.000000318. The molecule has 1 aromatic rings. The molecule has 168 valence electrons. The molecule has 0 bridgehead atoms. The lowest BCUT2D eigenvalue weighted by Crippen LogP contribution is -2.45. The summed E-state index contributed by atoms with van der Waals surface area (Å²) in [5, 5.41) is 6.17. The second-order valence-electron chi connectivity index (χ2n) is 6.16. The van der Waals surface area contributed by atoms with Crippen LogP contribution in [0.2, 0.25) is 0 Å². The molecule has 1 aliphatic carbocycles. The summed E-state index contributed by atoms with van der Waals surface area (Å²) in [6, 6.07) is 4.97. The number of rotatable bonds is 4. The van der Waals surface area contributed by atoms with Gasteiger partial charge in [-0.05, 0) is 38.4 Å². The van der Waals surface area contributed by atoms with E-state index in [1.807, 2.05) is 53.2 Å². The molecule has 8 heteroatoms. The molecule has 1 aliphatic rings. The van der Waals surface area contributed by atoms with E-state index in [0.29, 0.717) is 12.1 Å². The maximum Gasteiger partial charge on any atom is 0.209 e. The van der Waals surface area contributed by atoms with Crippen LogP contribution in [-0.4, -0.2) is 69.1 Å². The highest BCUT2D eigenvalue weighted by Gasteiger charge is 2.18. The molecule has 2 atom stereocenters. The van der Waals surface area contributed by atoms with E-state index in [1.165, 1.54) is 36.1 Å². The molecular weight excluding hydrogens is 370 g/mol. The lowest BCUT2D eigenvalue weighted by Gasteiger charge is -2.27. The molecule has 0 radical (unpaired) electrons. The molecule has 1 heterocycles. The van der Waals surface area contributed by atoms with Crippen LogP contribution in [-0.2, 0) is 14.4 Å². The maximum atomic E-state index is 9.43. The third-order valence-corrected chi connectivity index (χ3v) is 3.62. The normalized spacial score (nSPS) is 16.3. The molecule has 8 nitrogen and oxygen atoms in total. The maximum absolute atomic E-state index is 9.43. The van der Waals surface area contributed by atoms with Crippen molar-refractivity contribution in [1.29, 1.82) is 0 Å². The first-order valence-electron chi connectivity index (χ1n) is 9.90. The number of aromatic nitrogens is 1. The highest BCUT2D eigenvalue weighted by Crippen LogP contribution is 2.15. The van der Waals surface area contributed by atoms with Crippen molar-refractivity contribution in [3.63, 3.8) is 0 Å². The molecule has 4 N–H and O–H groups in total. The van der Waals surface area contributed by atoms with Gasteiger partial charge in [0.1, 0.15) is 5.82 Å². The van der Waals surface area contributed by atoms with Crippen molar-refractivity contribution in [3.05, 3.63) is 23.9 Å². The smallest absolute Gasteiger partial charge is 0.209 e. The summed E-state index contributed by atoms with van der Waals surface area (Å²) in [4.78, 5) is 32.6. The monoisotopic (exact) mass is 411 g/mol. The van der Waals surface area contributed by atoms with E-state index in [-0.39, 0.29) is 12.6 Å². The number of aldehydes is 2. The van der Waals surface area contributed by atoms with Gasteiger partial charge in [-0.15, -0.1) is 0 Å². The number of pyridine rings is 1. The summed E-state index contributed by atoms with van der Waals surface area (Å²) in [6.07, 6.45) is 8.10. The Morgan fingerprint density at radius 2 is 1.59 bits per heavy atom. The highest BCUT2D eigenvalue weighted by molar-refractivity contribution is 6.09. The number of hydrogen-bond donors (Lipinski definition) is 3. The van der Waals surface area contributed by atoms with Crippen molar-refractivity contribution in [3.8, 4) is 0 Å². The van der Waals surface area contributed by atoms with Gasteiger partial charge >= 0.3 is 0 Å². The number of amides is 1. The number of anilines is 1. The van der Waals surface area contributed by atoms with Gasteiger partial charge in [-0.25, -0.2) is 4.98 Å². The summed E-state index contributed by atoms with van der Waals surface area (Å²) < 4.78 is 0. The first-order valence-corrected chi connectivity index (χ1v) is 9.90. The summed E-state index contributed by atoms with van der Waals surface area (Å²) in [6.45, 7) is 6.02. The van der Waals surface area contributed by atoms with Crippen molar-refractivity contribution in [2.75, 3.05) is 33.5 Å². The van der Waals surface area contributed by atoms with E-state index >= 15 is 0 Å². The predicted molar refractivity (Wildman–Crippen MR) is 121 cm³/mol. The van der Waals surface area contributed by atoms with Gasteiger partial charge in [-0.3, -0.25) is 14.4 Å². The fourth-order valence-corrected chi connectivity index (χ4v) is 2.13. The minimum atomic E-state index is 0.194. The zero-order valence-corrected chi connectivity index (χ0v) is 19.1. The van der Waals surface area contributed by atoms with E-state index in [1.54, 1.807) is 14.1 Å². The predicted octanol–water partition coefficient (Wildman–Crippen LogP) is 2.02. The minimum absolute atomic E-state index is 0.194. The Kier molecular flexibility index (Phi) is 25.7. The van der Waals surface area contributed by atoms with E-state index in [0.717, 1.165) is 12.2 Å². The Labute approximate surface area is 176 Å². The number of nitrogens with zero attached hydrogens (tertiary/aromatic N) is 2. The second-order valence-corrected chi connectivity index (χ2v) is 6.16. The summed E-state index contributed by atoms with van der Waals surface area (Å²) in [5.74, 6) is 0.917. The fraction of sp³-hybridized carbons (Fsp3) is 0.619. The number of aryl methyl sites for hydroxylation is 1. The second kappa shape index (κ2) is 23.7. The van der Waals surface area contributed by atoms with Crippen LogP contribution in [0.4, 0.5) is 5.82 Å². The molecule has 0 spiro atoms. The summed E-state index contributed by atoms with van der Waals surface area (Å²) >= 11 is 0. The first-order chi connectivity index (χ1) is 13.9. The molecular formula is C21H41N5O3. The molecule has 29 heavy (non-hydrogen) atoms. The van der Waals surface area contributed by atoms with Gasteiger partial charge in [0, 0.05) is 39.4 Å². The van der Waals surface area contributed by atoms with Crippen LogP contribution in [0.15, 0.2) is 18.3 Å². The van der Waals surface area contributed by atoms with Gasteiger partial charge in [-0.2, -0.15) is 0 Å². The van der Waals surface area contributed by atoms with E-state index in [2.05, 4.69) is 15.6 Å². The van der Waals surface area contributed by atoms with Crippen molar-refractivity contribution in [2.45, 2.75) is 58.5 Å². The highest BCUT2D eigenvalue weighted by atomic mass is 16.2. The van der Waals surface area contributed by atoms with Crippen molar-refractivity contribution in [2.24, 2.45) is 5.73 Å². The van der Waals surface area contributed by atoms with Gasteiger partial charge in [0.25, 0.3) is 0 Å². The van der Waals surface area contributed by atoms with Gasteiger partial charge < -0.3 is 21.3 Å². The number of carbonyl (C=O) groups excluding carboxylic acids is 3. The number of hydrogen-bond acceptors (Lipinski definition) is 7. The molecule has 1 aromatic heterocycles. The van der Waals surface area contributed by atoms with E-state index in [4.69, 9.17) is 15.3 Å². The third kappa shape index (κ3) is 21.8. The first kappa shape index (κ1) is 31.4. The SMILES string of the molecule is CC.CN(C)C=O.CNC1CCCCC1N.CNc1ccc(C)cn1.O=CC=O. The van der Waals surface area contributed by atoms with Gasteiger partial charge in [0.05, 0.1) is 0 Å². The number of nitrogens with two attached hydrogens (primary N) is 1. The number of likely N-dealkylation sites (N-methyl/N-ethyl adjacent to an activating group) is 1. The van der Waals surface area contributed by atoms with Crippen LogP contribution in [0, 0.1) is 6.92 Å². The largest absolute Gasteiger partial charge is 0.373 e. The van der Waals surface area contributed by atoms with E-state index in [9.17, 15) is 4.79 Å². The van der Waals surface area contributed by atoms with Gasteiger partial charge in [0.15, 0.2) is 12.6 Å². The average molecular weight is 412 g/mol. The van der Waals surface area contributed by atoms with Crippen molar-refractivity contribution < 1.29 is 14.4 Å². The van der Waals surface area contributed by atoms with Crippen molar-refractivity contribution >= 4 is 24.8 Å². The molecule has 1 saturated carbocycles. The molecule has 0 aliphatic heterocycles. The molecule has 1 amide bonds. The summed E-state index contributed by atoms with van der Waals surface area (Å²) in [7, 11) is 7.23. The van der Waals surface area contributed by atoms with Gasteiger partial charge in [0.2, 0.25) is 6.41 Å². The third-order valence-electron chi connectivity index (χ3n) is 3.62. The Morgan fingerprint density at radius 1 is 1.07 bits per heavy atom. The number of carbonyl (C=O) groups is 3. The lowest BCUT2D eigenvalue weighted by atomic mass is 9.91. The van der Waals surface area contributed by atoms with Crippen molar-refractivity contribution in [1.82, 2.24) is 15.2 Å². The quantitative estimate of drug-likeness (QED) is 0.512. The standard InChI is InChI=1S/C7H10N2.C7H16N2.C3H7NO.C2H2O2.C2H6/c1-6-3-4-7(8-2)9-5-6;1-9-7-5-3-2-4-6(7)8;1-4(2)3-5;3-1-2-4;1-2/h3-5H,1-2H3,(H,8,9);6-7,9H,2-5,8H2,1H3;3H,1-2H3;1-2H;1-2H3. The van der Waals surface area contributed by atoms with Crippen LogP contribution in [0.25, 0.3) is 0 Å². The zero-order valence-electron chi connectivity index (χ0n) is 19.1. The van der Waals surface area contributed by atoms with Crippen LogP contribution >= 0.6 is 0 Å². The van der Waals surface area contributed by atoms with Crippen LogP contribution in [0.5, 0.6) is 0 Å². The zero-order chi connectivity index (χ0) is 23.1. The van der Waals surface area contributed by atoms with Crippen LogP contribution < -0.4 is 16.4 Å². The topological polar surface area (TPSA) is 117 Å². The molecule has 2 unspecified atom stereocenters. The van der Waals surface area contributed by atoms with Crippen LogP contribution in [0.3, 0.4) is 0 Å². The molecule has 0 aromatic carbocycles. The average Bonchev–Trinajstić information content (AvgIpc) is 2.77. The molecule has 0 saturated heterocycles.